The molecule has 0 spiro atoms. The predicted octanol–water partition coefficient (Wildman–Crippen LogP) is 2.86. The van der Waals surface area contributed by atoms with Crippen LogP contribution in [0, 0.1) is 5.92 Å². The van der Waals surface area contributed by atoms with Gasteiger partial charge in [-0.15, -0.1) is 0 Å². The van der Waals surface area contributed by atoms with E-state index in [-0.39, 0.29) is 18.1 Å². The Balaban J connectivity index is 3.00. The molecule has 1 unspecified atom stereocenters. The van der Waals surface area contributed by atoms with E-state index in [1.807, 2.05) is 34.6 Å². The van der Waals surface area contributed by atoms with Crippen LogP contribution in [0.1, 0.15) is 40.4 Å². The Morgan fingerprint density at radius 1 is 1.33 bits per heavy atom. The molecule has 1 aromatic rings. The fourth-order valence-electron chi connectivity index (χ4n) is 1.44. The van der Waals surface area contributed by atoms with Crippen molar-refractivity contribution in [3.05, 3.63) is 17.0 Å². The monoisotopic (exact) mass is 271 g/mol. The molecule has 1 rings (SSSR count). The minimum atomic E-state index is -0.159. The lowest BCUT2D eigenvalue weighted by atomic mass is 9.96. The summed E-state index contributed by atoms with van der Waals surface area (Å²) in [5, 5.41) is 12.9. The number of hydrogen-bond acceptors (Lipinski definition) is 4. The average molecular weight is 272 g/mol. The maximum atomic E-state index is 9.32. The summed E-state index contributed by atoms with van der Waals surface area (Å²) < 4.78 is 0. The maximum absolute atomic E-state index is 9.32. The van der Waals surface area contributed by atoms with E-state index >= 15 is 0 Å². The molecule has 0 radical (unpaired) electrons. The average Bonchev–Trinajstić information content (AvgIpc) is 2.23. The molecule has 0 aromatic carbocycles. The van der Waals surface area contributed by atoms with E-state index in [0.717, 1.165) is 0 Å². The van der Waals surface area contributed by atoms with Crippen LogP contribution in [0.4, 0.5) is 5.82 Å². The predicted molar refractivity (Wildman–Crippen MR) is 75.1 cm³/mol. The molecular formula is C13H22ClN3O. The van der Waals surface area contributed by atoms with Gasteiger partial charge < -0.3 is 10.4 Å². The number of nitrogens with one attached hydrogen (secondary N) is 1. The van der Waals surface area contributed by atoms with Crippen molar-refractivity contribution in [2.45, 2.75) is 46.1 Å². The van der Waals surface area contributed by atoms with E-state index < -0.39 is 0 Å². The molecule has 0 aliphatic carbocycles. The standard InChI is InChI=1S/C13H22ClN3O/c1-8(2)9(7-18)15-11-6-10(14)16-12(17-11)13(3,4)5/h6,8-9,18H,7H2,1-5H3,(H,15,16,17). The molecule has 2 N–H and O–H groups in total. The van der Waals surface area contributed by atoms with Crippen molar-refractivity contribution in [1.82, 2.24) is 9.97 Å². The first-order valence-corrected chi connectivity index (χ1v) is 6.54. The van der Waals surface area contributed by atoms with E-state index in [1.54, 1.807) is 6.07 Å². The summed E-state index contributed by atoms with van der Waals surface area (Å²) in [6.45, 7) is 10.3. The Bertz CT molecular complexity index is 402. The third-order valence-electron chi connectivity index (χ3n) is 2.70. The number of aliphatic hydroxyl groups is 1. The van der Waals surface area contributed by atoms with Crippen LogP contribution in [0.2, 0.25) is 5.15 Å². The second kappa shape index (κ2) is 5.85. The Morgan fingerprint density at radius 3 is 2.39 bits per heavy atom. The van der Waals surface area contributed by atoms with Crippen LogP contribution >= 0.6 is 11.6 Å². The minimum Gasteiger partial charge on any atom is -0.394 e. The highest BCUT2D eigenvalue weighted by atomic mass is 35.5. The van der Waals surface area contributed by atoms with Gasteiger partial charge >= 0.3 is 0 Å². The number of nitrogens with zero attached hydrogens (tertiary/aromatic N) is 2. The van der Waals surface area contributed by atoms with E-state index in [0.29, 0.717) is 22.7 Å². The smallest absolute Gasteiger partial charge is 0.137 e. The number of rotatable bonds is 4. The van der Waals surface area contributed by atoms with E-state index in [4.69, 9.17) is 11.6 Å². The number of aromatic nitrogens is 2. The molecule has 18 heavy (non-hydrogen) atoms. The molecule has 0 fully saturated rings. The Labute approximate surface area is 114 Å². The van der Waals surface area contributed by atoms with Crippen LogP contribution in [0.3, 0.4) is 0 Å². The zero-order valence-corrected chi connectivity index (χ0v) is 12.4. The SMILES string of the molecule is CC(C)C(CO)Nc1cc(Cl)nc(C(C)(C)C)n1. The second-order valence-electron chi connectivity index (χ2n) is 5.83. The number of halogens is 1. The summed E-state index contributed by atoms with van der Waals surface area (Å²) in [6, 6.07) is 1.64. The van der Waals surface area contributed by atoms with Crippen LogP contribution in [0.15, 0.2) is 6.07 Å². The van der Waals surface area contributed by atoms with Crippen molar-refractivity contribution < 1.29 is 5.11 Å². The second-order valence-corrected chi connectivity index (χ2v) is 6.21. The Kier molecular flexibility index (Phi) is 4.93. The highest BCUT2D eigenvalue weighted by Crippen LogP contribution is 2.23. The lowest BCUT2D eigenvalue weighted by Crippen LogP contribution is -2.30. The van der Waals surface area contributed by atoms with Crippen LogP contribution in [0.5, 0.6) is 0 Å². The molecule has 0 saturated carbocycles. The summed E-state index contributed by atoms with van der Waals surface area (Å²) in [5.74, 6) is 1.66. The number of anilines is 1. The van der Waals surface area contributed by atoms with E-state index in [2.05, 4.69) is 15.3 Å². The van der Waals surface area contributed by atoms with Gasteiger partial charge in [-0.3, -0.25) is 0 Å². The van der Waals surface area contributed by atoms with Crippen LogP contribution in [-0.2, 0) is 5.41 Å². The molecule has 0 bridgehead atoms. The van der Waals surface area contributed by atoms with Crippen molar-refractivity contribution >= 4 is 17.4 Å². The topological polar surface area (TPSA) is 58.0 Å². The zero-order valence-electron chi connectivity index (χ0n) is 11.7. The Hall–Kier alpha value is -0.870. The van der Waals surface area contributed by atoms with Gasteiger partial charge in [-0.1, -0.05) is 46.2 Å². The lowest BCUT2D eigenvalue weighted by molar-refractivity contribution is 0.249. The van der Waals surface area contributed by atoms with Gasteiger partial charge in [-0.2, -0.15) is 0 Å². The third kappa shape index (κ3) is 4.10. The van der Waals surface area contributed by atoms with Crippen LogP contribution < -0.4 is 5.32 Å². The summed E-state index contributed by atoms with van der Waals surface area (Å²) in [4.78, 5) is 8.69. The summed E-state index contributed by atoms with van der Waals surface area (Å²) in [5.41, 5.74) is -0.159. The van der Waals surface area contributed by atoms with Gasteiger partial charge in [-0.05, 0) is 5.92 Å². The molecule has 0 aliphatic heterocycles. The van der Waals surface area contributed by atoms with Crippen molar-refractivity contribution in [2.75, 3.05) is 11.9 Å². The lowest BCUT2D eigenvalue weighted by Gasteiger charge is -2.22. The number of aliphatic hydroxyl groups excluding tert-OH is 1. The van der Waals surface area contributed by atoms with Crippen molar-refractivity contribution in [2.24, 2.45) is 5.92 Å². The molecule has 1 heterocycles. The van der Waals surface area contributed by atoms with Gasteiger partial charge in [0.05, 0.1) is 12.6 Å². The highest BCUT2D eigenvalue weighted by Gasteiger charge is 2.20. The summed E-state index contributed by atoms with van der Waals surface area (Å²) in [7, 11) is 0. The maximum Gasteiger partial charge on any atom is 0.137 e. The Morgan fingerprint density at radius 2 is 1.94 bits per heavy atom. The first-order valence-electron chi connectivity index (χ1n) is 6.16. The van der Waals surface area contributed by atoms with Crippen molar-refractivity contribution in [3.8, 4) is 0 Å². The van der Waals surface area contributed by atoms with Gasteiger partial charge in [0.2, 0.25) is 0 Å². The summed E-state index contributed by atoms with van der Waals surface area (Å²) >= 11 is 6.01. The fourth-order valence-corrected chi connectivity index (χ4v) is 1.62. The largest absolute Gasteiger partial charge is 0.394 e. The van der Waals surface area contributed by atoms with E-state index in [9.17, 15) is 5.11 Å². The quantitative estimate of drug-likeness (QED) is 0.827. The molecule has 0 amide bonds. The van der Waals surface area contributed by atoms with E-state index in [1.165, 1.54) is 0 Å². The summed E-state index contributed by atoms with van der Waals surface area (Å²) in [6.07, 6.45) is 0. The molecule has 1 aromatic heterocycles. The molecule has 0 aliphatic rings. The minimum absolute atomic E-state index is 0.0382. The first kappa shape index (κ1) is 15.2. The van der Waals surface area contributed by atoms with Crippen LogP contribution in [-0.4, -0.2) is 27.7 Å². The van der Waals surface area contributed by atoms with Crippen molar-refractivity contribution in [1.29, 1.82) is 0 Å². The van der Waals surface area contributed by atoms with Gasteiger partial charge in [0.25, 0.3) is 0 Å². The van der Waals surface area contributed by atoms with Gasteiger partial charge in [-0.25, -0.2) is 9.97 Å². The first-order chi connectivity index (χ1) is 8.24. The normalized spacial score (nSPS) is 13.8. The van der Waals surface area contributed by atoms with Crippen molar-refractivity contribution in [3.63, 3.8) is 0 Å². The van der Waals surface area contributed by atoms with Gasteiger partial charge in [0, 0.05) is 11.5 Å². The van der Waals surface area contributed by atoms with Gasteiger partial charge in [0.1, 0.15) is 16.8 Å². The molecule has 0 saturated heterocycles. The number of hydrogen-bond donors (Lipinski definition) is 2. The van der Waals surface area contributed by atoms with Gasteiger partial charge in [0.15, 0.2) is 0 Å². The molecule has 4 nitrogen and oxygen atoms in total. The molecule has 102 valence electrons. The highest BCUT2D eigenvalue weighted by molar-refractivity contribution is 6.29. The molecular weight excluding hydrogens is 250 g/mol. The van der Waals surface area contributed by atoms with Crippen LogP contribution in [0.25, 0.3) is 0 Å². The zero-order chi connectivity index (χ0) is 13.9. The fraction of sp³-hybridized carbons (Fsp3) is 0.692. The molecule has 5 heteroatoms. The molecule has 1 atom stereocenters. The third-order valence-corrected chi connectivity index (χ3v) is 2.89.